The van der Waals surface area contributed by atoms with Crippen LogP contribution in [0.25, 0.3) is 10.4 Å². The standard InChI is InChI=1S/C17H21N7O4/c1-17(2,3)28-16(26)19-10-13(25)20-12(9-11-7-5-4-6-8-11)14-21-22-15(27-14)23-24-18/h4-8,12H,9-10H2,1-3H3,(H,19,26)(H,20,25). The van der Waals surface area contributed by atoms with Crippen molar-refractivity contribution in [3.63, 3.8) is 0 Å². The molecular weight excluding hydrogens is 366 g/mol. The van der Waals surface area contributed by atoms with Crippen molar-refractivity contribution in [2.75, 3.05) is 6.54 Å². The first kappa shape index (κ1) is 20.7. The molecule has 2 aromatic rings. The van der Waals surface area contributed by atoms with Gasteiger partial charge in [0, 0.05) is 16.4 Å². The van der Waals surface area contributed by atoms with Gasteiger partial charge in [0.05, 0.1) is 0 Å². The van der Waals surface area contributed by atoms with Gasteiger partial charge in [-0.05, 0) is 31.9 Å². The Bertz CT molecular complexity index is 854. The Morgan fingerprint density at radius 1 is 1.29 bits per heavy atom. The highest BCUT2D eigenvalue weighted by Gasteiger charge is 2.22. The Labute approximate surface area is 161 Å². The minimum absolute atomic E-state index is 0.0804. The van der Waals surface area contributed by atoms with Crippen molar-refractivity contribution in [3.05, 3.63) is 52.2 Å². The van der Waals surface area contributed by atoms with Crippen molar-refractivity contribution >= 4 is 18.0 Å². The Balaban J connectivity index is 2.05. The number of amides is 2. The van der Waals surface area contributed by atoms with E-state index in [0.29, 0.717) is 6.42 Å². The molecule has 11 nitrogen and oxygen atoms in total. The molecule has 2 N–H and O–H groups in total. The predicted molar refractivity (Wildman–Crippen MR) is 98.4 cm³/mol. The lowest BCUT2D eigenvalue weighted by atomic mass is 10.1. The van der Waals surface area contributed by atoms with E-state index in [9.17, 15) is 9.59 Å². The molecule has 0 fully saturated rings. The van der Waals surface area contributed by atoms with E-state index in [1.807, 2.05) is 30.3 Å². The quantitative estimate of drug-likeness (QED) is 0.423. The first-order valence-electron chi connectivity index (χ1n) is 8.45. The summed E-state index contributed by atoms with van der Waals surface area (Å²) in [5.41, 5.74) is 8.70. The Morgan fingerprint density at radius 2 is 2.00 bits per heavy atom. The van der Waals surface area contributed by atoms with Gasteiger partial charge in [-0.3, -0.25) is 4.79 Å². The number of hydrogen-bond donors (Lipinski definition) is 2. The third kappa shape index (κ3) is 6.96. The summed E-state index contributed by atoms with van der Waals surface area (Å²) in [5.74, 6) is -0.396. The van der Waals surface area contributed by atoms with Crippen LogP contribution in [0.5, 0.6) is 0 Å². The minimum atomic E-state index is -0.703. The molecule has 0 aliphatic heterocycles. The molecule has 0 saturated heterocycles. The highest BCUT2D eigenvalue weighted by atomic mass is 16.6. The van der Waals surface area contributed by atoms with Gasteiger partial charge in [-0.1, -0.05) is 30.3 Å². The fraction of sp³-hybridized carbons (Fsp3) is 0.412. The van der Waals surface area contributed by atoms with Gasteiger partial charge in [0.15, 0.2) is 0 Å². The van der Waals surface area contributed by atoms with Crippen LogP contribution in [0.4, 0.5) is 10.8 Å². The average molecular weight is 387 g/mol. The highest BCUT2D eigenvalue weighted by Crippen LogP contribution is 2.20. The molecule has 1 heterocycles. The molecule has 1 unspecified atom stereocenters. The molecule has 1 atom stereocenters. The van der Waals surface area contributed by atoms with Crippen LogP contribution in [0.1, 0.15) is 38.3 Å². The zero-order valence-electron chi connectivity index (χ0n) is 15.7. The molecule has 0 saturated carbocycles. The van der Waals surface area contributed by atoms with Gasteiger partial charge < -0.3 is 19.8 Å². The Hall–Kier alpha value is -3.59. The molecule has 0 aliphatic carbocycles. The fourth-order valence-electron chi connectivity index (χ4n) is 2.21. The lowest BCUT2D eigenvalue weighted by molar-refractivity contribution is -0.121. The van der Waals surface area contributed by atoms with Gasteiger partial charge in [-0.25, -0.2) is 4.79 Å². The number of benzene rings is 1. The summed E-state index contributed by atoms with van der Waals surface area (Å²) in [5, 5.41) is 15.8. The van der Waals surface area contributed by atoms with Gasteiger partial charge >= 0.3 is 12.1 Å². The van der Waals surface area contributed by atoms with Crippen LogP contribution in [-0.4, -0.2) is 34.3 Å². The number of carbonyl (C=O) groups is 2. The van der Waals surface area contributed by atoms with Gasteiger partial charge in [0.2, 0.25) is 11.8 Å². The van der Waals surface area contributed by atoms with Crippen molar-refractivity contribution in [2.45, 2.75) is 38.8 Å². The molecule has 2 amide bonds. The average Bonchev–Trinajstić information content (AvgIpc) is 3.08. The number of nitrogens with one attached hydrogen (secondary N) is 2. The number of ether oxygens (including phenoxy) is 1. The van der Waals surface area contributed by atoms with Crippen molar-refractivity contribution in [1.82, 2.24) is 20.8 Å². The van der Waals surface area contributed by atoms with Crippen LogP contribution in [-0.2, 0) is 16.0 Å². The van der Waals surface area contributed by atoms with Crippen molar-refractivity contribution in [3.8, 4) is 0 Å². The maximum atomic E-state index is 12.3. The summed E-state index contributed by atoms with van der Waals surface area (Å²) in [6, 6.07) is 8.41. The molecule has 0 aliphatic rings. The molecule has 148 valence electrons. The first-order valence-corrected chi connectivity index (χ1v) is 8.45. The van der Waals surface area contributed by atoms with E-state index >= 15 is 0 Å². The zero-order valence-corrected chi connectivity index (χ0v) is 15.7. The lowest BCUT2D eigenvalue weighted by Crippen LogP contribution is -2.41. The van der Waals surface area contributed by atoms with E-state index in [4.69, 9.17) is 14.7 Å². The van der Waals surface area contributed by atoms with E-state index in [2.05, 4.69) is 30.9 Å². The molecule has 1 aromatic carbocycles. The minimum Gasteiger partial charge on any atom is -0.444 e. The maximum absolute atomic E-state index is 12.3. The van der Waals surface area contributed by atoms with Gasteiger partial charge in [-0.15, -0.1) is 10.2 Å². The maximum Gasteiger partial charge on any atom is 0.408 e. The van der Waals surface area contributed by atoms with E-state index in [0.717, 1.165) is 5.56 Å². The predicted octanol–water partition coefficient (Wildman–Crippen LogP) is 2.94. The second kappa shape index (κ2) is 9.38. The molecule has 2 rings (SSSR count). The number of aromatic nitrogens is 2. The van der Waals surface area contributed by atoms with Crippen molar-refractivity contribution in [1.29, 1.82) is 0 Å². The van der Waals surface area contributed by atoms with Crippen LogP contribution in [0, 0.1) is 0 Å². The van der Waals surface area contributed by atoms with E-state index in [1.165, 1.54) is 0 Å². The van der Waals surface area contributed by atoms with Crippen LogP contribution >= 0.6 is 0 Å². The van der Waals surface area contributed by atoms with Crippen molar-refractivity contribution < 1.29 is 18.7 Å². The fourth-order valence-corrected chi connectivity index (χ4v) is 2.21. The van der Waals surface area contributed by atoms with Crippen LogP contribution < -0.4 is 10.6 Å². The lowest BCUT2D eigenvalue weighted by Gasteiger charge is -2.20. The molecule has 0 radical (unpaired) electrons. The van der Waals surface area contributed by atoms with E-state index in [-0.39, 0.29) is 18.5 Å². The second-order valence-corrected chi connectivity index (χ2v) is 6.78. The van der Waals surface area contributed by atoms with Gasteiger partial charge in [-0.2, -0.15) is 0 Å². The Kier molecular flexibility index (Phi) is 6.94. The third-order valence-corrected chi connectivity index (χ3v) is 3.27. The SMILES string of the molecule is CC(C)(C)OC(=O)NCC(=O)NC(Cc1ccccc1)c1nnc(N=[N+]=[N-])o1. The molecule has 1 aromatic heterocycles. The number of rotatable bonds is 7. The number of nitrogens with zero attached hydrogens (tertiary/aromatic N) is 5. The second-order valence-electron chi connectivity index (χ2n) is 6.78. The Morgan fingerprint density at radius 3 is 2.64 bits per heavy atom. The summed E-state index contributed by atoms with van der Waals surface area (Å²) < 4.78 is 10.4. The van der Waals surface area contributed by atoms with E-state index < -0.39 is 23.6 Å². The van der Waals surface area contributed by atoms with Crippen LogP contribution in [0.3, 0.4) is 0 Å². The highest BCUT2D eigenvalue weighted by molar-refractivity contribution is 5.82. The number of hydrogen-bond acceptors (Lipinski definition) is 7. The molecule has 11 heteroatoms. The number of carbonyl (C=O) groups excluding carboxylic acids is 2. The monoisotopic (exact) mass is 387 g/mol. The van der Waals surface area contributed by atoms with Gasteiger partial charge in [0.25, 0.3) is 0 Å². The van der Waals surface area contributed by atoms with Crippen LogP contribution in [0.2, 0.25) is 0 Å². The normalized spacial score (nSPS) is 11.8. The summed E-state index contributed by atoms with van der Waals surface area (Å²) in [4.78, 5) is 26.5. The summed E-state index contributed by atoms with van der Waals surface area (Å²) in [7, 11) is 0. The number of alkyl carbamates (subject to hydrolysis) is 1. The van der Waals surface area contributed by atoms with Crippen molar-refractivity contribution in [2.24, 2.45) is 5.11 Å². The third-order valence-electron chi connectivity index (χ3n) is 3.27. The summed E-state index contributed by atoms with van der Waals surface area (Å²) in [6.07, 6.45) is -0.345. The molecule has 28 heavy (non-hydrogen) atoms. The zero-order chi connectivity index (χ0) is 20.6. The van der Waals surface area contributed by atoms with Gasteiger partial charge in [0.1, 0.15) is 18.2 Å². The number of azide groups is 1. The van der Waals surface area contributed by atoms with Crippen LogP contribution in [0.15, 0.2) is 39.9 Å². The largest absolute Gasteiger partial charge is 0.444 e. The summed E-state index contributed by atoms with van der Waals surface area (Å²) >= 11 is 0. The summed E-state index contributed by atoms with van der Waals surface area (Å²) in [6.45, 7) is 4.87. The molecule has 0 spiro atoms. The van der Waals surface area contributed by atoms with E-state index in [1.54, 1.807) is 20.8 Å². The molecule has 0 bridgehead atoms. The first-order chi connectivity index (χ1) is 13.3. The topological polar surface area (TPSA) is 155 Å². The smallest absolute Gasteiger partial charge is 0.408 e. The molecular formula is C17H21N7O4.